The van der Waals surface area contributed by atoms with Crippen molar-refractivity contribution >= 4 is 43.9 Å². The molecule has 38 heavy (non-hydrogen) atoms. The Bertz CT molecular complexity index is 2090. The highest BCUT2D eigenvalue weighted by Gasteiger charge is 2.18. The van der Waals surface area contributed by atoms with E-state index >= 15 is 0 Å². The van der Waals surface area contributed by atoms with Crippen LogP contribution in [0.4, 0.5) is 0 Å². The molecule has 3 heterocycles. The van der Waals surface area contributed by atoms with E-state index in [1.807, 2.05) is 6.92 Å². The first kappa shape index (κ1) is 22.8. The molecule has 0 atom stereocenters. The highest BCUT2D eigenvalue weighted by molar-refractivity contribution is 6.11. The summed E-state index contributed by atoms with van der Waals surface area (Å²) in [5.74, 6) is 0. The molecule has 0 unspecified atom stereocenters. The maximum absolute atomic E-state index is 6.54. The van der Waals surface area contributed by atoms with Crippen LogP contribution in [-0.4, -0.2) is 4.98 Å². The maximum Gasteiger partial charge on any atom is 0.138 e. The molecule has 7 rings (SSSR count). The maximum atomic E-state index is 6.54. The smallest absolute Gasteiger partial charge is 0.138 e. The molecule has 0 aliphatic carbocycles. The van der Waals surface area contributed by atoms with E-state index in [4.69, 9.17) is 13.8 Å². The lowest BCUT2D eigenvalue weighted by Crippen LogP contribution is -1.91. The monoisotopic (exact) mass is 495 g/mol. The number of hydrogen-bond donors (Lipinski definition) is 0. The minimum Gasteiger partial charge on any atom is -0.456 e. The number of rotatable bonds is 2. The van der Waals surface area contributed by atoms with Gasteiger partial charge in [0.2, 0.25) is 0 Å². The molecule has 3 nitrogen and oxygen atoms in total. The number of fused-ring (bicyclic) bond motifs is 6. The fourth-order valence-corrected chi connectivity index (χ4v) is 6.09. The summed E-state index contributed by atoms with van der Waals surface area (Å²) < 4.78 is 12.9. The lowest BCUT2D eigenvalue weighted by molar-refractivity contribution is 0.665. The predicted octanol–water partition coefficient (Wildman–Crippen LogP) is 10.1. The van der Waals surface area contributed by atoms with Gasteiger partial charge in [-0.05, 0) is 111 Å². The molecule has 3 heteroatoms. The number of para-hydroxylation sites is 1. The molecular weight excluding hydrogens is 466 g/mol. The summed E-state index contributed by atoms with van der Waals surface area (Å²) in [6.45, 7) is 12.8. The van der Waals surface area contributed by atoms with E-state index in [0.29, 0.717) is 0 Å². The van der Waals surface area contributed by atoms with Crippen molar-refractivity contribution in [3.8, 4) is 22.4 Å². The van der Waals surface area contributed by atoms with E-state index in [0.717, 1.165) is 61.5 Å². The highest BCUT2D eigenvalue weighted by Crippen LogP contribution is 2.41. The molecule has 0 saturated carbocycles. The SMILES string of the molecule is Cc1ccc(C)c(-c2cc(C)c3c(c2)oc2cc(-c4cc(C)c5c(c4)oc4c(C)cccc45)cc(C)c23)n1. The molecule has 0 saturated heterocycles. The van der Waals surface area contributed by atoms with E-state index in [1.54, 1.807) is 0 Å². The van der Waals surface area contributed by atoms with Crippen molar-refractivity contribution in [3.05, 3.63) is 100 Å². The van der Waals surface area contributed by atoms with Gasteiger partial charge in [0.05, 0.1) is 5.69 Å². The molecule has 7 aromatic rings. The fourth-order valence-electron chi connectivity index (χ4n) is 6.09. The van der Waals surface area contributed by atoms with Crippen LogP contribution >= 0.6 is 0 Å². The Balaban J connectivity index is 1.43. The summed E-state index contributed by atoms with van der Waals surface area (Å²) in [5.41, 5.74) is 15.0. The summed E-state index contributed by atoms with van der Waals surface area (Å²) in [7, 11) is 0. The van der Waals surface area contributed by atoms with Crippen LogP contribution in [0.25, 0.3) is 66.3 Å². The van der Waals surface area contributed by atoms with Gasteiger partial charge in [0.1, 0.15) is 22.3 Å². The van der Waals surface area contributed by atoms with Crippen LogP contribution in [0.3, 0.4) is 0 Å². The second kappa shape index (κ2) is 8.06. The Morgan fingerprint density at radius 3 is 1.76 bits per heavy atom. The average Bonchev–Trinajstić information content (AvgIpc) is 3.45. The van der Waals surface area contributed by atoms with Crippen molar-refractivity contribution in [3.63, 3.8) is 0 Å². The fraction of sp³-hybridized carbons (Fsp3) is 0.171. The van der Waals surface area contributed by atoms with Gasteiger partial charge in [-0.3, -0.25) is 4.98 Å². The minimum absolute atomic E-state index is 0.900. The minimum atomic E-state index is 0.900. The molecule has 0 N–H and O–H groups in total. The van der Waals surface area contributed by atoms with Gasteiger partial charge in [-0.15, -0.1) is 0 Å². The summed E-state index contributed by atoms with van der Waals surface area (Å²) in [4.78, 5) is 4.82. The molecule has 186 valence electrons. The number of benzene rings is 4. The largest absolute Gasteiger partial charge is 0.456 e. The van der Waals surface area contributed by atoms with E-state index in [-0.39, 0.29) is 0 Å². The van der Waals surface area contributed by atoms with Crippen LogP contribution in [0.15, 0.2) is 75.6 Å². The third kappa shape index (κ3) is 3.31. The van der Waals surface area contributed by atoms with Crippen LogP contribution in [0, 0.1) is 41.5 Å². The molecule has 0 radical (unpaired) electrons. The van der Waals surface area contributed by atoms with Crippen molar-refractivity contribution in [2.75, 3.05) is 0 Å². The average molecular weight is 496 g/mol. The first-order chi connectivity index (χ1) is 18.3. The third-order valence-corrected chi connectivity index (χ3v) is 7.90. The summed E-state index contributed by atoms with van der Waals surface area (Å²) in [5, 5.41) is 4.73. The van der Waals surface area contributed by atoms with Gasteiger partial charge >= 0.3 is 0 Å². The number of aryl methyl sites for hydroxylation is 6. The van der Waals surface area contributed by atoms with E-state index in [9.17, 15) is 0 Å². The second-order valence-electron chi connectivity index (χ2n) is 10.8. The zero-order valence-electron chi connectivity index (χ0n) is 22.6. The van der Waals surface area contributed by atoms with Gasteiger partial charge in [0, 0.05) is 32.8 Å². The summed E-state index contributed by atoms with van der Waals surface area (Å²) in [6.07, 6.45) is 0. The van der Waals surface area contributed by atoms with Crippen LogP contribution < -0.4 is 0 Å². The van der Waals surface area contributed by atoms with Gasteiger partial charge in [-0.2, -0.15) is 0 Å². The van der Waals surface area contributed by atoms with Gasteiger partial charge < -0.3 is 8.83 Å². The lowest BCUT2D eigenvalue weighted by atomic mass is 9.95. The van der Waals surface area contributed by atoms with Crippen molar-refractivity contribution in [1.29, 1.82) is 0 Å². The molecule has 0 bridgehead atoms. The summed E-state index contributed by atoms with van der Waals surface area (Å²) >= 11 is 0. The summed E-state index contributed by atoms with van der Waals surface area (Å²) in [6, 6.07) is 23.8. The van der Waals surface area contributed by atoms with Crippen LogP contribution in [0.1, 0.15) is 33.5 Å². The lowest BCUT2D eigenvalue weighted by Gasteiger charge is -2.09. The first-order valence-electron chi connectivity index (χ1n) is 13.1. The Morgan fingerprint density at radius 2 is 1.08 bits per heavy atom. The predicted molar refractivity (Wildman–Crippen MR) is 158 cm³/mol. The van der Waals surface area contributed by atoms with Crippen molar-refractivity contribution in [2.24, 2.45) is 0 Å². The Hall–Kier alpha value is -4.37. The van der Waals surface area contributed by atoms with E-state index < -0.39 is 0 Å². The molecule has 0 amide bonds. The number of aromatic nitrogens is 1. The van der Waals surface area contributed by atoms with Crippen molar-refractivity contribution < 1.29 is 8.83 Å². The molecule has 4 aromatic carbocycles. The highest BCUT2D eigenvalue weighted by atomic mass is 16.3. The molecule has 0 fully saturated rings. The zero-order valence-corrected chi connectivity index (χ0v) is 22.6. The van der Waals surface area contributed by atoms with Crippen LogP contribution in [0.2, 0.25) is 0 Å². The van der Waals surface area contributed by atoms with Crippen molar-refractivity contribution in [2.45, 2.75) is 41.5 Å². The van der Waals surface area contributed by atoms with Gasteiger partial charge in [-0.1, -0.05) is 36.4 Å². The van der Waals surface area contributed by atoms with E-state index in [1.165, 1.54) is 38.2 Å². The third-order valence-electron chi connectivity index (χ3n) is 7.90. The molecule has 0 spiro atoms. The standard InChI is InChI=1S/C35H29NO2/c1-18-10-11-23(6)36-34(18)26-14-22(5)33-30(17-26)37-29-16-25(13-21(4)32(29)33)24-12-20(3)31-27-9-7-8-19(2)35(27)38-28(31)15-24/h7-17H,1-6H3. The number of furan rings is 2. The molecular formula is C35H29NO2. The molecule has 3 aromatic heterocycles. The first-order valence-corrected chi connectivity index (χ1v) is 13.1. The zero-order chi connectivity index (χ0) is 26.3. The van der Waals surface area contributed by atoms with Crippen LogP contribution in [-0.2, 0) is 0 Å². The normalized spacial score (nSPS) is 11.9. The Morgan fingerprint density at radius 1 is 0.500 bits per heavy atom. The number of hydrogen-bond acceptors (Lipinski definition) is 3. The van der Waals surface area contributed by atoms with E-state index in [2.05, 4.69) is 101 Å². The van der Waals surface area contributed by atoms with Gasteiger partial charge in [-0.25, -0.2) is 0 Å². The number of nitrogens with zero attached hydrogens (tertiary/aromatic N) is 1. The molecule has 0 aliphatic rings. The molecule has 0 aliphatic heterocycles. The van der Waals surface area contributed by atoms with Gasteiger partial charge in [0.15, 0.2) is 0 Å². The van der Waals surface area contributed by atoms with Crippen LogP contribution in [0.5, 0.6) is 0 Å². The Labute approximate surface area is 221 Å². The second-order valence-corrected chi connectivity index (χ2v) is 10.8. The quantitative estimate of drug-likeness (QED) is 0.239. The van der Waals surface area contributed by atoms with Gasteiger partial charge in [0.25, 0.3) is 0 Å². The Kier molecular flexibility index (Phi) is 4.84. The topological polar surface area (TPSA) is 39.2 Å². The number of pyridine rings is 1. The van der Waals surface area contributed by atoms with Crippen molar-refractivity contribution in [1.82, 2.24) is 4.98 Å².